The maximum Gasteiger partial charge on any atom is 0.132 e. The fraction of sp³-hybridized carbons (Fsp3) is 0.125. The zero-order valence-electron chi connectivity index (χ0n) is 5.94. The third-order valence-corrected chi connectivity index (χ3v) is 1.73. The summed E-state index contributed by atoms with van der Waals surface area (Å²) in [6.45, 7) is 0. The molecule has 1 rings (SSSR count). The van der Waals surface area contributed by atoms with Crippen molar-refractivity contribution in [3.63, 3.8) is 0 Å². The van der Waals surface area contributed by atoms with Crippen molar-refractivity contribution in [1.29, 1.82) is 0 Å². The molecular formula is C8H4BrCl2N. The van der Waals surface area contributed by atoms with Crippen molar-refractivity contribution in [2.75, 3.05) is 5.33 Å². The Morgan fingerprint density at radius 1 is 1.33 bits per heavy atom. The largest absolute Gasteiger partial charge is 0.224 e. The molecule has 1 aromatic heterocycles. The van der Waals surface area contributed by atoms with Crippen LogP contribution in [0.2, 0.25) is 10.3 Å². The predicted molar refractivity (Wildman–Crippen MR) is 54.9 cm³/mol. The van der Waals surface area contributed by atoms with E-state index in [1.807, 2.05) is 0 Å². The minimum atomic E-state index is 0.362. The van der Waals surface area contributed by atoms with Gasteiger partial charge in [-0.1, -0.05) is 51.0 Å². The van der Waals surface area contributed by atoms with E-state index in [1.165, 1.54) is 0 Å². The van der Waals surface area contributed by atoms with Crippen molar-refractivity contribution in [2.24, 2.45) is 0 Å². The van der Waals surface area contributed by atoms with Gasteiger partial charge in [-0.15, -0.1) is 0 Å². The lowest BCUT2D eigenvalue weighted by Crippen LogP contribution is -1.80. The molecule has 0 saturated carbocycles. The van der Waals surface area contributed by atoms with Gasteiger partial charge in [0.1, 0.15) is 10.3 Å². The first-order valence-electron chi connectivity index (χ1n) is 3.10. The van der Waals surface area contributed by atoms with Gasteiger partial charge in [-0.25, -0.2) is 4.98 Å². The monoisotopic (exact) mass is 263 g/mol. The molecule has 0 aliphatic carbocycles. The van der Waals surface area contributed by atoms with Gasteiger partial charge in [-0.05, 0) is 12.1 Å². The SMILES string of the molecule is Clc1cc(C#CCBr)cc(Cl)n1. The summed E-state index contributed by atoms with van der Waals surface area (Å²) in [4.78, 5) is 3.79. The Balaban J connectivity index is 3.01. The third kappa shape index (κ3) is 3.02. The number of rotatable bonds is 0. The Bertz CT molecular complexity index is 320. The highest BCUT2D eigenvalue weighted by Crippen LogP contribution is 2.13. The van der Waals surface area contributed by atoms with E-state index in [0.29, 0.717) is 15.6 Å². The van der Waals surface area contributed by atoms with Gasteiger partial charge in [-0.2, -0.15) is 0 Å². The van der Waals surface area contributed by atoms with Crippen molar-refractivity contribution in [3.05, 3.63) is 28.0 Å². The molecule has 0 amide bonds. The second kappa shape index (κ2) is 4.71. The van der Waals surface area contributed by atoms with Crippen molar-refractivity contribution in [1.82, 2.24) is 4.98 Å². The molecule has 0 unspecified atom stereocenters. The molecule has 0 aliphatic rings. The van der Waals surface area contributed by atoms with Crippen LogP contribution < -0.4 is 0 Å². The average molecular weight is 265 g/mol. The first kappa shape index (κ1) is 9.85. The summed E-state index contributed by atoms with van der Waals surface area (Å²) in [5.74, 6) is 5.71. The number of aromatic nitrogens is 1. The van der Waals surface area contributed by atoms with Crippen LogP contribution in [0, 0.1) is 11.8 Å². The first-order valence-corrected chi connectivity index (χ1v) is 4.98. The van der Waals surface area contributed by atoms with Gasteiger partial charge >= 0.3 is 0 Å². The second-order valence-electron chi connectivity index (χ2n) is 1.94. The molecule has 12 heavy (non-hydrogen) atoms. The quantitative estimate of drug-likeness (QED) is 0.399. The number of pyridine rings is 1. The van der Waals surface area contributed by atoms with E-state index < -0.39 is 0 Å². The summed E-state index contributed by atoms with van der Waals surface area (Å²) in [7, 11) is 0. The average Bonchev–Trinajstić information content (AvgIpc) is 1.99. The van der Waals surface area contributed by atoms with E-state index in [0.717, 1.165) is 5.56 Å². The number of hydrogen-bond donors (Lipinski definition) is 0. The summed E-state index contributed by atoms with van der Waals surface area (Å²) >= 11 is 14.5. The van der Waals surface area contributed by atoms with Gasteiger partial charge in [0.2, 0.25) is 0 Å². The molecule has 0 aliphatic heterocycles. The van der Waals surface area contributed by atoms with Crippen LogP contribution in [0.3, 0.4) is 0 Å². The zero-order chi connectivity index (χ0) is 8.97. The minimum absolute atomic E-state index is 0.362. The van der Waals surface area contributed by atoms with Gasteiger partial charge < -0.3 is 0 Å². The second-order valence-corrected chi connectivity index (χ2v) is 3.27. The van der Waals surface area contributed by atoms with E-state index in [-0.39, 0.29) is 0 Å². The topological polar surface area (TPSA) is 12.9 Å². The smallest absolute Gasteiger partial charge is 0.132 e. The molecule has 1 aromatic rings. The van der Waals surface area contributed by atoms with Crippen molar-refractivity contribution in [3.8, 4) is 11.8 Å². The van der Waals surface area contributed by atoms with Crippen molar-refractivity contribution in [2.45, 2.75) is 0 Å². The highest BCUT2D eigenvalue weighted by Gasteiger charge is 1.95. The van der Waals surface area contributed by atoms with Gasteiger partial charge in [0.05, 0.1) is 5.33 Å². The summed E-state index contributed by atoms with van der Waals surface area (Å²) in [5.41, 5.74) is 0.777. The van der Waals surface area contributed by atoms with Crippen LogP contribution in [0.4, 0.5) is 0 Å². The van der Waals surface area contributed by atoms with Gasteiger partial charge in [0, 0.05) is 5.56 Å². The lowest BCUT2D eigenvalue weighted by atomic mass is 10.3. The lowest BCUT2D eigenvalue weighted by Gasteiger charge is -1.92. The molecule has 62 valence electrons. The summed E-state index contributed by atoms with van der Waals surface area (Å²) in [6.07, 6.45) is 0. The highest BCUT2D eigenvalue weighted by atomic mass is 79.9. The van der Waals surface area contributed by atoms with Crippen LogP contribution in [0.5, 0.6) is 0 Å². The number of hydrogen-bond acceptors (Lipinski definition) is 1. The van der Waals surface area contributed by atoms with E-state index in [9.17, 15) is 0 Å². The summed E-state index contributed by atoms with van der Waals surface area (Å²) in [6, 6.07) is 3.34. The fourth-order valence-electron chi connectivity index (χ4n) is 0.673. The summed E-state index contributed by atoms with van der Waals surface area (Å²) in [5, 5.41) is 1.35. The van der Waals surface area contributed by atoms with Crippen molar-refractivity contribution >= 4 is 39.1 Å². The van der Waals surface area contributed by atoms with E-state index in [4.69, 9.17) is 23.2 Å². The van der Waals surface area contributed by atoms with E-state index in [1.54, 1.807) is 12.1 Å². The minimum Gasteiger partial charge on any atom is -0.224 e. The Morgan fingerprint density at radius 3 is 2.42 bits per heavy atom. The molecule has 0 N–H and O–H groups in total. The van der Waals surface area contributed by atoms with Crippen LogP contribution in [-0.2, 0) is 0 Å². The molecule has 1 heterocycles. The Labute approximate surface area is 89.2 Å². The molecular weight excluding hydrogens is 261 g/mol. The molecule has 4 heteroatoms. The highest BCUT2D eigenvalue weighted by molar-refractivity contribution is 9.09. The van der Waals surface area contributed by atoms with Crippen LogP contribution in [-0.4, -0.2) is 10.3 Å². The van der Waals surface area contributed by atoms with Gasteiger partial charge in [0.25, 0.3) is 0 Å². The summed E-state index contributed by atoms with van der Waals surface area (Å²) < 4.78 is 0. The van der Waals surface area contributed by atoms with Crippen LogP contribution in [0.25, 0.3) is 0 Å². The third-order valence-electron chi connectivity index (χ3n) is 1.06. The lowest BCUT2D eigenvalue weighted by molar-refractivity contribution is 1.32. The van der Waals surface area contributed by atoms with Crippen LogP contribution >= 0.6 is 39.1 Å². The number of halogens is 3. The number of alkyl halides is 1. The molecule has 0 atom stereocenters. The standard InChI is InChI=1S/C8H4BrCl2N/c9-3-1-2-6-4-7(10)12-8(11)5-6/h4-5H,3H2. The van der Waals surface area contributed by atoms with Crippen LogP contribution in [0.15, 0.2) is 12.1 Å². The normalized spacial score (nSPS) is 8.92. The molecule has 0 spiro atoms. The van der Waals surface area contributed by atoms with E-state index in [2.05, 4.69) is 32.8 Å². The molecule has 0 bridgehead atoms. The Kier molecular flexibility index (Phi) is 3.87. The number of nitrogens with zero attached hydrogens (tertiary/aromatic N) is 1. The van der Waals surface area contributed by atoms with Crippen molar-refractivity contribution < 1.29 is 0 Å². The first-order chi connectivity index (χ1) is 5.72. The molecule has 1 nitrogen and oxygen atoms in total. The maximum absolute atomic E-state index is 5.65. The van der Waals surface area contributed by atoms with Crippen LogP contribution in [0.1, 0.15) is 5.56 Å². The predicted octanol–water partition coefficient (Wildman–Crippen LogP) is 3.13. The Hall–Kier alpha value is -0.230. The maximum atomic E-state index is 5.65. The fourth-order valence-corrected chi connectivity index (χ4v) is 1.27. The molecule has 0 radical (unpaired) electrons. The Morgan fingerprint density at radius 2 is 1.92 bits per heavy atom. The van der Waals surface area contributed by atoms with E-state index >= 15 is 0 Å². The molecule has 0 saturated heterocycles. The molecule has 0 fully saturated rings. The van der Waals surface area contributed by atoms with Gasteiger partial charge in [0.15, 0.2) is 0 Å². The van der Waals surface area contributed by atoms with Gasteiger partial charge in [-0.3, -0.25) is 0 Å². The zero-order valence-corrected chi connectivity index (χ0v) is 9.04. The molecule has 0 aromatic carbocycles.